The van der Waals surface area contributed by atoms with Crippen LogP contribution in [-0.4, -0.2) is 55.7 Å². The predicted octanol–water partition coefficient (Wildman–Crippen LogP) is 9.13. The molecule has 2 atom stereocenters. The molecule has 2 heterocycles. The molecule has 0 fully saturated rings. The normalized spacial score (nSPS) is 14.0. The predicted molar refractivity (Wildman–Crippen MR) is 190 cm³/mol. The van der Waals surface area contributed by atoms with E-state index in [1.807, 2.05) is 115 Å². The molecular formula is C39H56N2O6. The Balaban J connectivity index is 0.000000256. The van der Waals surface area contributed by atoms with Crippen molar-refractivity contribution in [2.75, 3.05) is 7.11 Å². The Bertz CT molecular complexity index is 1740. The van der Waals surface area contributed by atoms with Gasteiger partial charge in [0.1, 0.15) is 11.2 Å². The zero-order valence-electron chi connectivity index (χ0n) is 31.2. The Hall–Kier alpha value is -3.62. The second-order valence-corrected chi connectivity index (χ2v) is 15.5. The summed E-state index contributed by atoms with van der Waals surface area (Å²) in [6, 6.07) is 15.6. The molecule has 0 aliphatic heterocycles. The van der Waals surface area contributed by atoms with Gasteiger partial charge in [-0.2, -0.15) is 0 Å². The molecule has 0 amide bonds. The molecular weight excluding hydrogens is 592 g/mol. The van der Waals surface area contributed by atoms with Gasteiger partial charge >= 0.3 is 11.9 Å². The Morgan fingerprint density at radius 3 is 1.30 bits per heavy atom. The summed E-state index contributed by atoms with van der Waals surface area (Å²) in [6.07, 6.45) is 0. The molecule has 0 spiro atoms. The molecule has 0 bridgehead atoms. The first-order valence-corrected chi connectivity index (χ1v) is 16.4. The van der Waals surface area contributed by atoms with Crippen LogP contribution in [0.2, 0.25) is 0 Å². The number of ether oxygens (including phenoxy) is 3. The minimum Gasteiger partial charge on any atom is -0.456 e. The second kappa shape index (κ2) is 13.5. The number of aromatic nitrogens is 2. The summed E-state index contributed by atoms with van der Waals surface area (Å²) in [7, 11) is 1.71. The van der Waals surface area contributed by atoms with Crippen LogP contribution in [0.15, 0.2) is 48.5 Å². The third-order valence-corrected chi connectivity index (χ3v) is 8.85. The van der Waals surface area contributed by atoms with Gasteiger partial charge in [-0.05, 0) is 109 Å². The zero-order chi connectivity index (χ0) is 35.9. The van der Waals surface area contributed by atoms with E-state index in [9.17, 15) is 14.7 Å². The molecule has 2 aromatic carbocycles. The highest BCUT2D eigenvalue weighted by atomic mass is 16.6. The van der Waals surface area contributed by atoms with Crippen LogP contribution >= 0.6 is 0 Å². The SMILES string of the molecule is COC(C)(C)C(C)n1c(C)c(C(=O)OC(C)(C)C)c2ccccc21.Cc1c(C(=O)OC(C)(C)C)c2ccccc2n1C(C)C(C)(C)O. The van der Waals surface area contributed by atoms with Crippen molar-refractivity contribution in [1.82, 2.24) is 9.13 Å². The van der Waals surface area contributed by atoms with Crippen molar-refractivity contribution >= 4 is 33.7 Å². The lowest BCUT2D eigenvalue weighted by atomic mass is 9.99. The van der Waals surface area contributed by atoms with Crippen molar-refractivity contribution in [3.05, 3.63) is 71.0 Å². The van der Waals surface area contributed by atoms with E-state index < -0.39 is 16.8 Å². The van der Waals surface area contributed by atoms with E-state index in [1.54, 1.807) is 21.0 Å². The fraction of sp³-hybridized carbons (Fsp3) is 0.538. The van der Waals surface area contributed by atoms with Gasteiger partial charge in [-0.25, -0.2) is 9.59 Å². The van der Waals surface area contributed by atoms with Crippen LogP contribution in [0.1, 0.15) is 127 Å². The highest BCUT2D eigenvalue weighted by molar-refractivity contribution is 6.07. The molecule has 2 aromatic heterocycles. The van der Waals surface area contributed by atoms with Crippen LogP contribution in [-0.2, 0) is 14.2 Å². The Morgan fingerprint density at radius 2 is 0.979 bits per heavy atom. The average molecular weight is 649 g/mol. The number of methoxy groups -OCH3 is 1. The Kier molecular flexibility index (Phi) is 10.8. The van der Waals surface area contributed by atoms with Crippen molar-refractivity contribution in [2.24, 2.45) is 0 Å². The van der Waals surface area contributed by atoms with E-state index >= 15 is 0 Å². The molecule has 0 aliphatic rings. The minimum absolute atomic E-state index is 0.0589. The second-order valence-electron chi connectivity index (χ2n) is 15.5. The molecule has 2 unspecified atom stereocenters. The van der Waals surface area contributed by atoms with Crippen LogP contribution < -0.4 is 0 Å². The number of carbonyl (C=O) groups excluding carboxylic acids is 2. The van der Waals surface area contributed by atoms with Crippen LogP contribution in [0.5, 0.6) is 0 Å². The monoisotopic (exact) mass is 648 g/mol. The molecule has 258 valence electrons. The summed E-state index contributed by atoms with van der Waals surface area (Å²) in [5.41, 5.74) is 2.55. The van der Waals surface area contributed by atoms with Gasteiger partial charge in [-0.15, -0.1) is 0 Å². The van der Waals surface area contributed by atoms with Gasteiger partial charge in [0.05, 0.1) is 34.4 Å². The largest absolute Gasteiger partial charge is 0.456 e. The molecule has 8 nitrogen and oxygen atoms in total. The molecule has 0 radical (unpaired) electrons. The maximum atomic E-state index is 12.8. The number of fused-ring (bicyclic) bond motifs is 2. The molecule has 0 saturated heterocycles. The number of carbonyl (C=O) groups is 2. The van der Waals surface area contributed by atoms with Gasteiger partial charge in [0.15, 0.2) is 0 Å². The van der Waals surface area contributed by atoms with E-state index in [-0.39, 0.29) is 29.6 Å². The number of benzene rings is 2. The van der Waals surface area contributed by atoms with Crippen molar-refractivity contribution in [3.8, 4) is 0 Å². The highest BCUT2D eigenvalue weighted by Gasteiger charge is 2.33. The fourth-order valence-electron chi connectivity index (χ4n) is 5.75. The van der Waals surface area contributed by atoms with Crippen molar-refractivity contribution in [2.45, 2.75) is 131 Å². The van der Waals surface area contributed by atoms with E-state index in [2.05, 4.69) is 25.3 Å². The Labute approximate surface area is 281 Å². The van der Waals surface area contributed by atoms with Crippen LogP contribution in [0.25, 0.3) is 21.8 Å². The molecule has 0 saturated carbocycles. The summed E-state index contributed by atoms with van der Waals surface area (Å²) in [6.45, 7) is 26.8. The third-order valence-electron chi connectivity index (χ3n) is 8.85. The fourth-order valence-corrected chi connectivity index (χ4v) is 5.75. The maximum Gasteiger partial charge on any atom is 0.341 e. The van der Waals surface area contributed by atoms with E-state index in [0.29, 0.717) is 11.1 Å². The smallest absolute Gasteiger partial charge is 0.341 e. The van der Waals surface area contributed by atoms with Crippen LogP contribution in [0.4, 0.5) is 0 Å². The number of esters is 2. The molecule has 1 N–H and O–H groups in total. The first kappa shape index (κ1) is 37.8. The minimum atomic E-state index is -0.905. The summed E-state index contributed by atoms with van der Waals surface area (Å²) in [5.74, 6) is -0.606. The van der Waals surface area contributed by atoms with Gasteiger partial charge < -0.3 is 28.5 Å². The number of para-hydroxylation sites is 2. The number of aliphatic hydroxyl groups is 1. The van der Waals surface area contributed by atoms with Crippen LogP contribution in [0, 0.1) is 13.8 Å². The molecule has 47 heavy (non-hydrogen) atoms. The van der Waals surface area contributed by atoms with Gasteiger partial charge in [0.25, 0.3) is 0 Å². The standard InChI is InChI=1S/C20H29NO3.C19H27NO3/c1-13-17(18(22)24-19(3,4)5)15-11-9-10-12-16(15)21(13)14(2)20(6,7)23-8;1-12-16(17(21)23-18(3,4)5)14-10-8-9-11-15(14)20(12)13(2)19(6,7)22/h9-12,14H,1-8H3;8-11,13,22H,1-7H3. The lowest BCUT2D eigenvalue weighted by molar-refractivity contribution is -0.0160. The summed E-state index contributed by atoms with van der Waals surface area (Å²) < 4.78 is 21.1. The number of hydrogen-bond donors (Lipinski definition) is 1. The van der Waals surface area contributed by atoms with Crippen molar-refractivity contribution in [3.63, 3.8) is 0 Å². The summed E-state index contributed by atoms with van der Waals surface area (Å²) in [4.78, 5) is 25.5. The van der Waals surface area contributed by atoms with Crippen molar-refractivity contribution in [1.29, 1.82) is 0 Å². The van der Waals surface area contributed by atoms with Gasteiger partial charge in [-0.3, -0.25) is 0 Å². The lowest BCUT2D eigenvalue weighted by Gasteiger charge is -2.33. The Morgan fingerprint density at radius 1 is 0.638 bits per heavy atom. The summed E-state index contributed by atoms with van der Waals surface area (Å²) in [5, 5.41) is 12.2. The number of hydrogen-bond acceptors (Lipinski definition) is 6. The molecule has 4 aromatic rings. The number of rotatable bonds is 7. The number of nitrogens with zero attached hydrogens (tertiary/aromatic N) is 2. The first-order chi connectivity index (χ1) is 21.4. The molecule has 4 rings (SSSR count). The molecule has 0 aliphatic carbocycles. The van der Waals surface area contributed by atoms with Gasteiger partial charge in [-0.1, -0.05) is 36.4 Å². The van der Waals surface area contributed by atoms with E-state index in [1.165, 1.54) is 0 Å². The van der Waals surface area contributed by atoms with E-state index in [4.69, 9.17) is 14.2 Å². The highest BCUT2D eigenvalue weighted by Crippen LogP contribution is 2.36. The zero-order valence-corrected chi connectivity index (χ0v) is 31.2. The van der Waals surface area contributed by atoms with E-state index in [0.717, 1.165) is 33.2 Å². The topological polar surface area (TPSA) is 91.9 Å². The van der Waals surface area contributed by atoms with Crippen LogP contribution in [0.3, 0.4) is 0 Å². The van der Waals surface area contributed by atoms with Gasteiger partial charge in [0.2, 0.25) is 0 Å². The first-order valence-electron chi connectivity index (χ1n) is 16.4. The summed E-state index contributed by atoms with van der Waals surface area (Å²) >= 11 is 0. The quantitative estimate of drug-likeness (QED) is 0.201. The maximum absolute atomic E-state index is 12.8. The molecule has 8 heteroatoms. The van der Waals surface area contributed by atoms with Crippen molar-refractivity contribution < 1.29 is 28.9 Å². The average Bonchev–Trinajstić information content (AvgIpc) is 3.39. The third kappa shape index (κ3) is 8.28. The lowest BCUT2D eigenvalue weighted by Crippen LogP contribution is -2.34. The van der Waals surface area contributed by atoms with Gasteiger partial charge in [0, 0.05) is 40.3 Å².